The fraction of sp³-hybridized carbons (Fsp3) is 0.143. The van der Waals surface area contributed by atoms with Crippen LogP contribution in [0.1, 0.15) is 5.56 Å². The fourth-order valence-corrected chi connectivity index (χ4v) is 1.65. The van der Waals surface area contributed by atoms with E-state index < -0.39 is 16.4 Å². The van der Waals surface area contributed by atoms with Crippen molar-refractivity contribution in [2.24, 2.45) is 0 Å². The largest absolute Gasteiger partial charge is 0.497 e. The average Bonchev–Trinajstić information content (AvgIpc) is 2.45. The summed E-state index contributed by atoms with van der Waals surface area (Å²) in [5.74, 6) is 0.00930. The smallest absolute Gasteiger partial charge is 0.305 e. The Morgan fingerprint density at radius 2 is 2.00 bits per heavy atom. The number of methoxy groups -OCH3 is 1. The van der Waals surface area contributed by atoms with Gasteiger partial charge in [-0.25, -0.2) is 0 Å². The molecule has 2 aromatic carbocycles. The minimum Gasteiger partial charge on any atom is -0.497 e. The molecule has 104 valence electrons. The number of hydrogen-bond acceptors (Lipinski definition) is 4. The topological polar surface area (TPSA) is 61.6 Å². The number of benzene rings is 2. The van der Waals surface area contributed by atoms with Gasteiger partial charge in [0.15, 0.2) is 0 Å². The van der Waals surface area contributed by atoms with Crippen molar-refractivity contribution in [3.63, 3.8) is 0 Å². The van der Waals surface area contributed by atoms with Crippen LogP contribution in [0, 0.1) is 15.9 Å². The van der Waals surface area contributed by atoms with Crippen LogP contribution in [0.25, 0.3) is 0 Å². The number of nitro groups is 1. The van der Waals surface area contributed by atoms with Gasteiger partial charge in [-0.05, 0) is 23.8 Å². The molecule has 0 saturated carbocycles. The fourth-order valence-electron chi connectivity index (χ4n) is 1.65. The van der Waals surface area contributed by atoms with E-state index in [9.17, 15) is 14.5 Å². The Morgan fingerprint density at radius 1 is 1.20 bits per heavy atom. The van der Waals surface area contributed by atoms with E-state index in [4.69, 9.17) is 9.47 Å². The Morgan fingerprint density at radius 3 is 2.65 bits per heavy atom. The lowest BCUT2D eigenvalue weighted by Gasteiger charge is -2.07. The molecule has 0 fully saturated rings. The Bertz CT molecular complexity index is 630. The first-order chi connectivity index (χ1) is 9.60. The van der Waals surface area contributed by atoms with Crippen LogP contribution in [-0.4, -0.2) is 12.0 Å². The van der Waals surface area contributed by atoms with Gasteiger partial charge in [0.2, 0.25) is 5.82 Å². The molecule has 6 heteroatoms. The summed E-state index contributed by atoms with van der Waals surface area (Å²) in [6, 6.07) is 10.7. The highest BCUT2D eigenvalue weighted by Gasteiger charge is 2.14. The molecule has 0 aliphatic carbocycles. The maximum atomic E-state index is 13.4. The van der Waals surface area contributed by atoms with Crippen LogP contribution in [0.2, 0.25) is 0 Å². The molecule has 0 aliphatic rings. The lowest BCUT2D eigenvalue weighted by molar-refractivity contribution is -0.387. The second kappa shape index (κ2) is 6.01. The summed E-state index contributed by atoms with van der Waals surface area (Å²) < 4.78 is 23.9. The maximum Gasteiger partial charge on any atom is 0.305 e. The quantitative estimate of drug-likeness (QED) is 0.621. The molecule has 2 rings (SSSR count). The van der Waals surface area contributed by atoms with Crippen molar-refractivity contribution in [1.82, 2.24) is 0 Å². The van der Waals surface area contributed by atoms with Gasteiger partial charge >= 0.3 is 5.69 Å². The second-order valence-electron chi connectivity index (χ2n) is 4.01. The van der Waals surface area contributed by atoms with Crippen molar-refractivity contribution >= 4 is 5.69 Å². The molecule has 0 heterocycles. The third-order valence-corrected chi connectivity index (χ3v) is 2.66. The van der Waals surface area contributed by atoms with Crippen LogP contribution < -0.4 is 9.47 Å². The SMILES string of the molecule is COc1cccc(COc2ccc([N+](=O)[O-])c(F)c2)c1. The third-order valence-electron chi connectivity index (χ3n) is 2.66. The molecule has 0 aliphatic heterocycles. The van der Waals surface area contributed by atoms with Crippen molar-refractivity contribution in [1.29, 1.82) is 0 Å². The van der Waals surface area contributed by atoms with Crippen molar-refractivity contribution < 1.29 is 18.8 Å². The Kier molecular flexibility index (Phi) is 4.14. The first-order valence-corrected chi connectivity index (χ1v) is 5.80. The van der Waals surface area contributed by atoms with Gasteiger partial charge in [-0.1, -0.05) is 12.1 Å². The Balaban J connectivity index is 2.07. The van der Waals surface area contributed by atoms with E-state index in [-0.39, 0.29) is 12.4 Å². The van der Waals surface area contributed by atoms with E-state index in [0.717, 1.165) is 17.7 Å². The number of rotatable bonds is 5. The summed E-state index contributed by atoms with van der Waals surface area (Å²) in [5.41, 5.74) is 0.279. The maximum absolute atomic E-state index is 13.4. The zero-order valence-electron chi connectivity index (χ0n) is 10.7. The summed E-state index contributed by atoms with van der Waals surface area (Å²) in [6.07, 6.45) is 0. The number of hydrogen-bond donors (Lipinski definition) is 0. The number of nitrogens with zero attached hydrogens (tertiary/aromatic N) is 1. The molecule has 0 spiro atoms. The summed E-state index contributed by atoms with van der Waals surface area (Å²) in [7, 11) is 1.56. The minimum atomic E-state index is -0.918. The van der Waals surface area contributed by atoms with Gasteiger partial charge in [0, 0.05) is 12.1 Å². The van der Waals surface area contributed by atoms with Crippen LogP contribution in [0.5, 0.6) is 11.5 Å². The molecule has 0 saturated heterocycles. The van der Waals surface area contributed by atoms with Crippen LogP contribution in [0.4, 0.5) is 10.1 Å². The molecule has 2 aromatic rings. The van der Waals surface area contributed by atoms with E-state index in [1.807, 2.05) is 12.1 Å². The first kappa shape index (κ1) is 13.8. The normalized spacial score (nSPS) is 10.1. The zero-order valence-corrected chi connectivity index (χ0v) is 10.7. The van der Waals surface area contributed by atoms with Crippen molar-refractivity contribution in [2.45, 2.75) is 6.61 Å². The molecular formula is C14H12FNO4. The predicted octanol–water partition coefficient (Wildman–Crippen LogP) is 3.32. The van der Waals surface area contributed by atoms with Crippen molar-refractivity contribution in [2.75, 3.05) is 7.11 Å². The van der Waals surface area contributed by atoms with Gasteiger partial charge in [0.25, 0.3) is 0 Å². The molecule has 0 radical (unpaired) electrons. The number of ether oxygens (including phenoxy) is 2. The summed E-state index contributed by atoms with van der Waals surface area (Å²) in [4.78, 5) is 9.72. The van der Waals surface area contributed by atoms with Crippen LogP contribution in [0.15, 0.2) is 42.5 Å². The average molecular weight is 277 g/mol. The van der Waals surface area contributed by atoms with Crippen LogP contribution >= 0.6 is 0 Å². The highest BCUT2D eigenvalue weighted by molar-refractivity contribution is 5.38. The number of halogens is 1. The van der Waals surface area contributed by atoms with E-state index in [2.05, 4.69) is 0 Å². The molecule has 0 bridgehead atoms. The summed E-state index contributed by atoms with van der Waals surface area (Å²) in [5, 5.41) is 10.5. The molecule has 0 N–H and O–H groups in total. The minimum absolute atomic E-state index is 0.217. The van der Waals surface area contributed by atoms with Gasteiger partial charge in [-0.2, -0.15) is 4.39 Å². The third kappa shape index (κ3) is 3.23. The Labute approximate surface area is 114 Å². The molecule has 20 heavy (non-hydrogen) atoms. The van der Waals surface area contributed by atoms with Gasteiger partial charge in [0.05, 0.1) is 12.0 Å². The van der Waals surface area contributed by atoms with E-state index in [1.165, 1.54) is 6.07 Å². The zero-order chi connectivity index (χ0) is 14.5. The van der Waals surface area contributed by atoms with Crippen LogP contribution in [-0.2, 0) is 6.61 Å². The van der Waals surface area contributed by atoms with Crippen molar-refractivity contribution in [3.05, 3.63) is 64.0 Å². The molecule has 5 nitrogen and oxygen atoms in total. The van der Waals surface area contributed by atoms with E-state index in [1.54, 1.807) is 19.2 Å². The monoisotopic (exact) mass is 277 g/mol. The van der Waals surface area contributed by atoms with E-state index in [0.29, 0.717) is 5.75 Å². The van der Waals surface area contributed by atoms with E-state index >= 15 is 0 Å². The lowest BCUT2D eigenvalue weighted by Crippen LogP contribution is -1.98. The first-order valence-electron chi connectivity index (χ1n) is 5.80. The Hall–Kier alpha value is -2.63. The van der Waals surface area contributed by atoms with Gasteiger partial charge in [-0.3, -0.25) is 10.1 Å². The second-order valence-corrected chi connectivity index (χ2v) is 4.01. The highest BCUT2D eigenvalue weighted by Crippen LogP contribution is 2.23. The molecule has 0 atom stereocenters. The highest BCUT2D eigenvalue weighted by atomic mass is 19.1. The van der Waals surface area contributed by atoms with Gasteiger partial charge in [0.1, 0.15) is 18.1 Å². The lowest BCUT2D eigenvalue weighted by atomic mass is 10.2. The molecule has 0 amide bonds. The van der Waals surface area contributed by atoms with Crippen LogP contribution in [0.3, 0.4) is 0 Å². The molecular weight excluding hydrogens is 265 g/mol. The molecule has 0 unspecified atom stereocenters. The predicted molar refractivity (Wildman–Crippen MR) is 70.4 cm³/mol. The number of nitro benzene ring substituents is 1. The standard InChI is InChI=1S/C14H12FNO4/c1-19-11-4-2-3-10(7-11)9-20-12-5-6-14(16(17)18)13(15)8-12/h2-8H,9H2,1H3. The summed E-state index contributed by atoms with van der Waals surface area (Å²) >= 11 is 0. The van der Waals surface area contributed by atoms with Gasteiger partial charge < -0.3 is 9.47 Å². The van der Waals surface area contributed by atoms with Crippen molar-refractivity contribution in [3.8, 4) is 11.5 Å². The summed E-state index contributed by atoms with van der Waals surface area (Å²) in [6.45, 7) is 0.217. The molecule has 0 aromatic heterocycles. The van der Waals surface area contributed by atoms with Gasteiger partial charge in [-0.15, -0.1) is 0 Å².